The van der Waals surface area contributed by atoms with Crippen molar-refractivity contribution in [2.75, 3.05) is 13.2 Å². The molecule has 0 bridgehead atoms. The van der Waals surface area contributed by atoms with Gasteiger partial charge in [0.15, 0.2) is 5.41 Å². The molecule has 1 aliphatic rings. The summed E-state index contributed by atoms with van der Waals surface area (Å²) < 4.78 is 15.9. The molecule has 0 radical (unpaired) electrons. The largest absolute Gasteiger partial charge is 0.465 e. The topological polar surface area (TPSA) is 154 Å². The Hall–Kier alpha value is -2.27. The minimum absolute atomic E-state index is 0.108. The van der Waals surface area contributed by atoms with Crippen LogP contribution in [0.1, 0.15) is 53.9 Å². The van der Waals surface area contributed by atoms with E-state index in [4.69, 9.17) is 14.2 Å². The fourth-order valence-electron chi connectivity index (χ4n) is 3.77. The highest BCUT2D eigenvalue weighted by molar-refractivity contribution is 6.01. The number of nitrogens with zero attached hydrogens (tertiary/aromatic N) is 1. The molecular weight excluding hydrogens is 400 g/mol. The minimum Gasteiger partial charge on any atom is -0.465 e. The van der Waals surface area contributed by atoms with Gasteiger partial charge in [-0.2, -0.15) is 0 Å². The lowest BCUT2D eigenvalue weighted by molar-refractivity contribution is -0.537. The summed E-state index contributed by atoms with van der Waals surface area (Å²) in [4.78, 5) is 48.7. The van der Waals surface area contributed by atoms with Crippen LogP contribution in [-0.4, -0.2) is 71.5 Å². The van der Waals surface area contributed by atoms with Gasteiger partial charge in [-0.1, -0.05) is 13.8 Å². The standard InChI is InChI=1S/C19H32N2O9/c1-6-12(7-2)30-15-14(20-11(5)22)13(21(26)27)10-19(16(15)23,17(24)28-8-3)18(25)29-9-4/h12-16,23H,6-10H2,1-5H3,(H,20,22)/t13-,14+,15-,16+/m0/s1. The number of hydrogen-bond acceptors (Lipinski definition) is 9. The number of nitro groups is 1. The lowest BCUT2D eigenvalue weighted by Gasteiger charge is -2.46. The Kier molecular flexibility index (Phi) is 9.63. The number of esters is 2. The molecule has 30 heavy (non-hydrogen) atoms. The van der Waals surface area contributed by atoms with Gasteiger partial charge in [0.25, 0.3) is 0 Å². The number of carbonyl (C=O) groups is 3. The van der Waals surface area contributed by atoms with Crippen LogP contribution in [0.4, 0.5) is 0 Å². The third kappa shape index (κ3) is 5.25. The summed E-state index contributed by atoms with van der Waals surface area (Å²) in [5.41, 5.74) is -2.35. The zero-order chi connectivity index (χ0) is 23.1. The molecule has 11 heteroatoms. The van der Waals surface area contributed by atoms with E-state index >= 15 is 0 Å². The second kappa shape index (κ2) is 11.2. The maximum atomic E-state index is 12.9. The predicted octanol–water partition coefficient (Wildman–Crippen LogP) is 0.587. The van der Waals surface area contributed by atoms with Crippen molar-refractivity contribution in [3.63, 3.8) is 0 Å². The molecule has 1 amide bonds. The number of ether oxygens (including phenoxy) is 3. The van der Waals surface area contributed by atoms with E-state index in [-0.39, 0.29) is 13.2 Å². The molecule has 0 heterocycles. The summed E-state index contributed by atoms with van der Waals surface area (Å²) >= 11 is 0. The molecule has 1 saturated carbocycles. The summed E-state index contributed by atoms with van der Waals surface area (Å²) in [5.74, 6) is -2.82. The molecule has 1 aliphatic carbocycles. The molecule has 0 spiro atoms. The van der Waals surface area contributed by atoms with E-state index in [0.29, 0.717) is 12.8 Å². The smallest absolute Gasteiger partial charge is 0.326 e. The van der Waals surface area contributed by atoms with Crippen molar-refractivity contribution in [2.24, 2.45) is 5.41 Å². The Balaban J connectivity index is 3.63. The summed E-state index contributed by atoms with van der Waals surface area (Å²) in [6.45, 7) is 7.63. The van der Waals surface area contributed by atoms with E-state index < -0.39 is 65.0 Å². The van der Waals surface area contributed by atoms with Crippen LogP contribution in [0, 0.1) is 15.5 Å². The second-order valence-electron chi connectivity index (χ2n) is 7.18. The van der Waals surface area contributed by atoms with Crippen molar-refractivity contribution in [3.8, 4) is 0 Å². The Labute approximate surface area is 175 Å². The normalized spacial score (nSPS) is 25.4. The zero-order valence-electron chi connectivity index (χ0n) is 18.1. The minimum atomic E-state index is -2.35. The van der Waals surface area contributed by atoms with Gasteiger partial charge < -0.3 is 24.6 Å². The van der Waals surface area contributed by atoms with Gasteiger partial charge in [-0.25, -0.2) is 0 Å². The van der Waals surface area contributed by atoms with Crippen molar-refractivity contribution in [1.29, 1.82) is 0 Å². The highest BCUT2D eigenvalue weighted by Gasteiger charge is 2.67. The van der Waals surface area contributed by atoms with Crippen LogP contribution in [0.3, 0.4) is 0 Å². The van der Waals surface area contributed by atoms with Crippen molar-refractivity contribution >= 4 is 17.8 Å². The Morgan fingerprint density at radius 2 is 1.63 bits per heavy atom. The summed E-state index contributed by atoms with van der Waals surface area (Å²) in [5, 5.41) is 25.5. The fourth-order valence-corrected chi connectivity index (χ4v) is 3.77. The van der Waals surface area contributed by atoms with Crippen LogP contribution in [0.2, 0.25) is 0 Å². The van der Waals surface area contributed by atoms with Crippen LogP contribution in [0.15, 0.2) is 0 Å². The van der Waals surface area contributed by atoms with Crippen LogP contribution in [-0.2, 0) is 28.6 Å². The van der Waals surface area contributed by atoms with Gasteiger partial charge in [-0.3, -0.25) is 24.5 Å². The van der Waals surface area contributed by atoms with E-state index in [9.17, 15) is 29.6 Å². The molecule has 0 aromatic rings. The lowest BCUT2D eigenvalue weighted by Crippen LogP contribution is -2.70. The van der Waals surface area contributed by atoms with Crippen molar-refractivity contribution in [2.45, 2.75) is 84.3 Å². The Morgan fingerprint density at radius 3 is 2.00 bits per heavy atom. The number of rotatable bonds is 10. The summed E-state index contributed by atoms with van der Waals surface area (Å²) in [6, 6.07) is -2.85. The first kappa shape index (κ1) is 25.8. The fraction of sp³-hybridized carbons (Fsp3) is 0.842. The first-order valence-corrected chi connectivity index (χ1v) is 10.2. The monoisotopic (exact) mass is 432 g/mol. The van der Waals surface area contributed by atoms with Crippen LogP contribution in [0.25, 0.3) is 0 Å². The third-order valence-corrected chi connectivity index (χ3v) is 5.30. The molecule has 0 aliphatic heterocycles. The number of amides is 1. The van der Waals surface area contributed by atoms with E-state index in [0.717, 1.165) is 0 Å². The molecule has 1 fully saturated rings. The van der Waals surface area contributed by atoms with Crippen LogP contribution >= 0.6 is 0 Å². The Morgan fingerprint density at radius 1 is 1.13 bits per heavy atom. The third-order valence-electron chi connectivity index (χ3n) is 5.30. The van der Waals surface area contributed by atoms with Crippen LogP contribution < -0.4 is 5.32 Å². The molecule has 11 nitrogen and oxygen atoms in total. The molecule has 0 aromatic carbocycles. The van der Waals surface area contributed by atoms with Gasteiger partial charge in [0.2, 0.25) is 11.9 Å². The van der Waals surface area contributed by atoms with Crippen LogP contribution in [0.5, 0.6) is 0 Å². The average molecular weight is 432 g/mol. The molecule has 0 unspecified atom stereocenters. The average Bonchev–Trinajstić information content (AvgIpc) is 2.67. The molecule has 1 rings (SSSR count). The van der Waals surface area contributed by atoms with E-state index in [2.05, 4.69) is 5.32 Å². The first-order chi connectivity index (χ1) is 14.1. The number of carbonyl (C=O) groups excluding carboxylic acids is 3. The lowest BCUT2D eigenvalue weighted by atomic mass is 9.66. The molecular formula is C19H32N2O9. The maximum Gasteiger partial charge on any atom is 0.326 e. The second-order valence-corrected chi connectivity index (χ2v) is 7.18. The number of aliphatic hydroxyl groups excluding tert-OH is 1. The highest BCUT2D eigenvalue weighted by atomic mass is 16.6. The van der Waals surface area contributed by atoms with E-state index in [1.54, 1.807) is 0 Å². The van der Waals surface area contributed by atoms with Gasteiger partial charge in [-0.15, -0.1) is 0 Å². The molecule has 0 saturated heterocycles. The maximum absolute atomic E-state index is 12.9. The van der Waals surface area contributed by atoms with Crippen molar-refractivity contribution in [3.05, 3.63) is 10.1 Å². The number of aliphatic hydroxyl groups is 1. The molecule has 2 N–H and O–H groups in total. The quantitative estimate of drug-likeness (QED) is 0.218. The van der Waals surface area contributed by atoms with Gasteiger partial charge in [0, 0.05) is 18.3 Å². The number of hydrogen-bond donors (Lipinski definition) is 2. The first-order valence-electron chi connectivity index (χ1n) is 10.2. The molecule has 4 atom stereocenters. The Bertz CT molecular complexity index is 617. The zero-order valence-corrected chi connectivity index (χ0v) is 18.1. The van der Waals surface area contributed by atoms with E-state index in [1.807, 2.05) is 13.8 Å². The SMILES string of the molecule is CCOC(=O)C1(C(=O)OCC)C[C@H]([N+](=O)[O-])[C@@H](NC(C)=O)[C@H](OC(CC)CC)[C@H]1O. The van der Waals surface area contributed by atoms with E-state index in [1.165, 1.54) is 20.8 Å². The van der Waals surface area contributed by atoms with Gasteiger partial charge >= 0.3 is 11.9 Å². The molecule has 0 aromatic heterocycles. The number of nitrogens with one attached hydrogen (secondary N) is 1. The van der Waals surface area contributed by atoms with Crippen molar-refractivity contribution < 1.29 is 38.6 Å². The van der Waals surface area contributed by atoms with Crippen molar-refractivity contribution in [1.82, 2.24) is 5.32 Å². The van der Waals surface area contributed by atoms with Gasteiger partial charge in [0.1, 0.15) is 18.2 Å². The van der Waals surface area contributed by atoms with Gasteiger partial charge in [-0.05, 0) is 26.7 Å². The van der Waals surface area contributed by atoms with Gasteiger partial charge in [0.05, 0.1) is 19.3 Å². The highest BCUT2D eigenvalue weighted by Crippen LogP contribution is 2.42. The predicted molar refractivity (Wildman–Crippen MR) is 104 cm³/mol. The summed E-state index contributed by atoms with van der Waals surface area (Å²) in [6.07, 6.45) is -3.33. The summed E-state index contributed by atoms with van der Waals surface area (Å²) in [7, 11) is 0. The molecule has 172 valence electrons.